The summed E-state index contributed by atoms with van der Waals surface area (Å²) in [5, 5.41) is 3.34. The Hall–Kier alpha value is -2.43. The molecule has 0 radical (unpaired) electrons. The zero-order valence-corrected chi connectivity index (χ0v) is 18.3. The maximum Gasteiger partial charge on any atom is 0.416 e. The first kappa shape index (κ1) is 22.8. The lowest BCUT2D eigenvalue weighted by Crippen LogP contribution is -2.59. The van der Waals surface area contributed by atoms with E-state index in [1.165, 1.54) is 10.4 Å². The number of rotatable bonds is 4. The monoisotopic (exact) mass is 467 g/mol. The van der Waals surface area contributed by atoms with Gasteiger partial charge in [0.15, 0.2) is 0 Å². The van der Waals surface area contributed by atoms with E-state index in [4.69, 9.17) is 0 Å². The number of piperidine rings is 1. The van der Waals surface area contributed by atoms with Gasteiger partial charge in [0.25, 0.3) is 0 Å². The van der Waals surface area contributed by atoms with Gasteiger partial charge in [-0.1, -0.05) is 36.4 Å². The zero-order chi connectivity index (χ0) is 23.1. The highest BCUT2D eigenvalue weighted by Crippen LogP contribution is 2.36. The third kappa shape index (κ3) is 4.14. The van der Waals surface area contributed by atoms with Crippen LogP contribution in [-0.4, -0.2) is 48.3 Å². The molecule has 2 aliphatic rings. The van der Waals surface area contributed by atoms with Gasteiger partial charge in [-0.3, -0.25) is 10.1 Å². The van der Waals surface area contributed by atoms with E-state index in [9.17, 15) is 26.4 Å². The molecule has 0 saturated carbocycles. The van der Waals surface area contributed by atoms with E-state index in [-0.39, 0.29) is 23.9 Å². The third-order valence-electron chi connectivity index (χ3n) is 6.17. The molecule has 1 N–H and O–H groups in total. The minimum Gasteiger partial charge on any atom is -0.319 e. The van der Waals surface area contributed by atoms with E-state index in [2.05, 4.69) is 5.32 Å². The third-order valence-corrected chi connectivity index (χ3v) is 8.07. The highest BCUT2D eigenvalue weighted by Gasteiger charge is 2.51. The van der Waals surface area contributed by atoms with E-state index in [1.807, 2.05) is 30.3 Å². The number of halogens is 3. The lowest BCUT2D eigenvalue weighted by molar-refractivity contribution is -0.137. The smallest absolute Gasteiger partial charge is 0.319 e. The standard InChI is InChI=1S/C22H24F3N3O3S/c1-16-20(29)28(15-17-6-3-2-4-7-17)21(26-16)10-12-27(13-11-21)32(30,31)19-9-5-8-18(14-19)22(23,24)25/h2-9,14,16,26H,10-13,15H2,1H3. The minimum absolute atomic E-state index is 0.0527. The zero-order valence-electron chi connectivity index (χ0n) is 17.5. The Morgan fingerprint density at radius 2 is 1.72 bits per heavy atom. The largest absolute Gasteiger partial charge is 0.416 e. The molecule has 2 heterocycles. The molecule has 0 bridgehead atoms. The maximum atomic E-state index is 13.0. The fourth-order valence-electron chi connectivity index (χ4n) is 4.48. The lowest BCUT2D eigenvalue weighted by atomic mass is 9.96. The van der Waals surface area contributed by atoms with Gasteiger partial charge in [-0.05, 0) is 43.5 Å². The summed E-state index contributed by atoms with van der Waals surface area (Å²) in [5.41, 5.74) is -0.722. The van der Waals surface area contributed by atoms with Crippen LogP contribution >= 0.6 is 0 Å². The lowest BCUT2D eigenvalue weighted by Gasteiger charge is -2.44. The number of benzene rings is 2. The second-order valence-electron chi connectivity index (χ2n) is 8.24. The number of nitrogens with one attached hydrogen (secondary N) is 1. The van der Waals surface area contributed by atoms with E-state index in [1.54, 1.807) is 11.8 Å². The number of sulfonamides is 1. The first-order valence-corrected chi connectivity index (χ1v) is 11.8. The van der Waals surface area contributed by atoms with Crippen molar-refractivity contribution in [3.63, 3.8) is 0 Å². The number of nitrogens with zero attached hydrogens (tertiary/aromatic N) is 2. The average molecular weight is 468 g/mol. The van der Waals surface area contributed by atoms with E-state index in [0.717, 1.165) is 17.7 Å². The molecule has 2 saturated heterocycles. The van der Waals surface area contributed by atoms with Crippen molar-refractivity contribution in [1.29, 1.82) is 0 Å². The van der Waals surface area contributed by atoms with Crippen molar-refractivity contribution in [2.75, 3.05) is 13.1 Å². The van der Waals surface area contributed by atoms with Crippen LogP contribution in [0, 0.1) is 0 Å². The molecular formula is C22H24F3N3O3S. The summed E-state index contributed by atoms with van der Waals surface area (Å²) in [5.74, 6) is -0.0527. The number of carbonyl (C=O) groups is 1. The molecule has 1 unspecified atom stereocenters. The van der Waals surface area contributed by atoms with Gasteiger partial charge in [0.2, 0.25) is 15.9 Å². The van der Waals surface area contributed by atoms with Gasteiger partial charge >= 0.3 is 6.18 Å². The second kappa shape index (κ2) is 8.17. The quantitative estimate of drug-likeness (QED) is 0.750. The number of amides is 1. The Labute approximate surface area is 185 Å². The number of hydrogen-bond donors (Lipinski definition) is 1. The molecule has 10 heteroatoms. The Bertz CT molecular complexity index is 1100. The predicted octanol–water partition coefficient (Wildman–Crippen LogP) is 3.21. The minimum atomic E-state index is -4.63. The average Bonchev–Trinajstić information content (AvgIpc) is 2.98. The van der Waals surface area contributed by atoms with E-state index in [0.29, 0.717) is 25.5 Å². The fraction of sp³-hybridized carbons (Fsp3) is 0.409. The van der Waals surface area contributed by atoms with Crippen LogP contribution in [0.3, 0.4) is 0 Å². The van der Waals surface area contributed by atoms with Crippen LogP contribution in [0.25, 0.3) is 0 Å². The predicted molar refractivity (Wildman–Crippen MR) is 112 cm³/mol. The molecule has 2 fully saturated rings. The first-order valence-electron chi connectivity index (χ1n) is 10.3. The van der Waals surface area contributed by atoms with Crippen LogP contribution in [0.15, 0.2) is 59.5 Å². The summed E-state index contributed by atoms with van der Waals surface area (Å²) in [6.07, 6.45) is -3.94. The van der Waals surface area contributed by atoms with Crippen molar-refractivity contribution in [3.05, 3.63) is 65.7 Å². The molecule has 32 heavy (non-hydrogen) atoms. The first-order chi connectivity index (χ1) is 15.0. The number of carbonyl (C=O) groups excluding carboxylic acids is 1. The molecule has 1 amide bonds. The van der Waals surface area contributed by atoms with E-state index < -0.39 is 33.5 Å². The van der Waals surface area contributed by atoms with Crippen molar-refractivity contribution in [3.8, 4) is 0 Å². The molecule has 6 nitrogen and oxygen atoms in total. The molecule has 2 aromatic rings. The van der Waals surface area contributed by atoms with Crippen LogP contribution in [0.4, 0.5) is 13.2 Å². The van der Waals surface area contributed by atoms with Crippen LogP contribution < -0.4 is 5.32 Å². The van der Waals surface area contributed by atoms with Crippen molar-refractivity contribution >= 4 is 15.9 Å². The van der Waals surface area contributed by atoms with Gasteiger partial charge < -0.3 is 4.90 Å². The molecule has 1 atom stereocenters. The van der Waals surface area contributed by atoms with Crippen LogP contribution in [0.5, 0.6) is 0 Å². The number of hydrogen-bond acceptors (Lipinski definition) is 4. The highest BCUT2D eigenvalue weighted by molar-refractivity contribution is 7.89. The maximum absolute atomic E-state index is 13.0. The summed E-state index contributed by atoms with van der Waals surface area (Å²) in [6, 6.07) is 12.9. The molecule has 4 rings (SSSR count). The van der Waals surface area contributed by atoms with Gasteiger partial charge in [0.1, 0.15) is 0 Å². The molecule has 2 aromatic carbocycles. The van der Waals surface area contributed by atoms with E-state index >= 15 is 0 Å². The molecule has 0 aliphatic carbocycles. The van der Waals surface area contributed by atoms with Crippen LogP contribution in [0.2, 0.25) is 0 Å². The Morgan fingerprint density at radius 1 is 1.06 bits per heavy atom. The van der Waals surface area contributed by atoms with Crippen LogP contribution in [-0.2, 0) is 27.5 Å². The second-order valence-corrected chi connectivity index (χ2v) is 10.2. The van der Waals surface area contributed by atoms with Gasteiger partial charge in [0, 0.05) is 19.6 Å². The SMILES string of the molecule is CC1NC2(CCN(S(=O)(=O)c3cccc(C(F)(F)F)c3)CC2)N(Cc2ccccc2)C1=O. The molecule has 172 valence electrons. The topological polar surface area (TPSA) is 69.7 Å². The van der Waals surface area contributed by atoms with Gasteiger partial charge in [-0.2, -0.15) is 17.5 Å². The molecule has 1 spiro atoms. The molecule has 0 aromatic heterocycles. The Kier molecular flexibility index (Phi) is 5.81. The highest BCUT2D eigenvalue weighted by atomic mass is 32.2. The van der Waals surface area contributed by atoms with Gasteiger partial charge in [-0.15, -0.1) is 0 Å². The van der Waals surface area contributed by atoms with Crippen molar-refractivity contribution in [2.45, 2.75) is 49.1 Å². The number of alkyl halides is 3. The van der Waals surface area contributed by atoms with Crippen molar-refractivity contribution < 1.29 is 26.4 Å². The van der Waals surface area contributed by atoms with Gasteiger partial charge in [0.05, 0.1) is 22.2 Å². The van der Waals surface area contributed by atoms with Crippen molar-refractivity contribution in [2.24, 2.45) is 0 Å². The Balaban J connectivity index is 1.54. The molecular weight excluding hydrogens is 443 g/mol. The summed E-state index contributed by atoms with van der Waals surface area (Å²) < 4.78 is 66.4. The summed E-state index contributed by atoms with van der Waals surface area (Å²) in [4.78, 5) is 14.2. The summed E-state index contributed by atoms with van der Waals surface area (Å²) in [7, 11) is -4.09. The normalized spacial score (nSPS) is 21.9. The summed E-state index contributed by atoms with van der Waals surface area (Å²) in [6.45, 7) is 2.37. The Morgan fingerprint density at radius 3 is 2.34 bits per heavy atom. The van der Waals surface area contributed by atoms with Crippen molar-refractivity contribution in [1.82, 2.24) is 14.5 Å². The summed E-state index contributed by atoms with van der Waals surface area (Å²) >= 11 is 0. The van der Waals surface area contributed by atoms with Gasteiger partial charge in [-0.25, -0.2) is 8.42 Å². The molecule has 2 aliphatic heterocycles. The van der Waals surface area contributed by atoms with Crippen LogP contribution in [0.1, 0.15) is 30.9 Å². The fourth-order valence-corrected chi connectivity index (χ4v) is 5.96.